The van der Waals surface area contributed by atoms with E-state index in [2.05, 4.69) is 30.1 Å². The van der Waals surface area contributed by atoms with Gasteiger partial charge in [-0.3, -0.25) is 0 Å². The highest BCUT2D eigenvalue weighted by molar-refractivity contribution is 7.73. The number of hydrogen-bond donors (Lipinski definition) is 3. The number of benzene rings is 1. The first-order chi connectivity index (χ1) is 10.5. The van der Waals surface area contributed by atoms with Gasteiger partial charge in [-0.25, -0.2) is 8.42 Å². The Balaban J connectivity index is 2.19. The van der Waals surface area contributed by atoms with Gasteiger partial charge >= 0.3 is 0 Å². The molecule has 120 valence electrons. The number of aromatic amines is 1. The topological polar surface area (TPSA) is 73.8 Å². The molecular weight excluding hydrogens is 296 g/mol. The molecule has 1 aromatic carbocycles. The summed E-state index contributed by atoms with van der Waals surface area (Å²) in [6.07, 6.45) is 6.80. The van der Waals surface area contributed by atoms with Crippen molar-refractivity contribution in [1.82, 2.24) is 4.98 Å². The maximum atomic E-state index is 10.9. The average molecular weight is 320 g/mol. The van der Waals surface area contributed by atoms with E-state index in [0.717, 1.165) is 24.8 Å². The molecule has 0 saturated heterocycles. The fourth-order valence-electron chi connectivity index (χ4n) is 2.63. The monoisotopic (exact) mass is 320 g/mol. The van der Waals surface area contributed by atoms with Crippen LogP contribution in [-0.2, 0) is 23.5 Å². The molecule has 0 aliphatic carbocycles. The van der Waals surface area contributed by atoms with Crippen LogP contribution in [0, 0.1) is 11.3 Å². The van der Waals surface area contributed by atoms with Gasteiger partial charge in [-0.2, -0.15) is 0 Å². The molecule has 0 amide bonds. The van der Waals surface area contributed by atoms with E-state index in [1.165, 1.54) is 22.7 Å². The Kier molecular flexibility index (Phi) is 5.77. The second kappa shape index (κ2) is 7.58. The van der Waals surface area contributed by atoms with Crippen molar-refractivity contribution in [3.05, 3.63) is 35.5 Å². The van der Waals surface area contributed by atoms with E-state index in [-0.39, 0.29) is 11.2 Å². The van der Waals surface area contributed by atoms with Crippen LogP contribution < -0.4 is 0 Å². The van der Waals surface area contributed by atoms with Gasteiger partial charge in [0.05, 0.1) is 5.25 Å². The highest BCUT2D eigenvalue weighted by Crippen LogP contribution is 2.23. The maximum Gasteiger partial charge on any atom is 0.142 e. The van der Waals surface area contributed by atoms with E-state index in [1.807, 2.05) is 6.20 Å². The number of hydrogen-bond acceptors (Lipinski definition) is 3. The summed E-state index contributed by atoms with van der Waals surface area (Å²) >= 11 is 0. The Bertz CT molecular complexity index is 711. The normalized spacial score (nSPS) is 14.3. The van der Waals surface area contributed by atoms with Crippen LogP contribution in [-0.4, -0.2) is 24.9 Å². The molecule has 5 heteroatoms. The minimum atomic E-state index is -2.34. The Morgan fingerprint density at radius 3 is 2.77 bits per heavy atom. The predicted octanol–water partition coefficient (Wildman–Crippen LogP) is 3.32. The van der Waals surface area contributed by atoms with E-state index < -0.39 is 10.7 Å². The zero-order valence-corrected chi connectivity index (χ0v) is 14.0. The fourth-order valence-corrected chi connectivity index (χ4v) is 2.97. The van der Waals surface area contributed by atoms with Gasteiger partial charge in [0.15, 0.2) is 0 Å². The lowest BCUT2D eigenvalue weighted by atomic mass is 9.96. The van der Waals surface area contributed by atoms with Gasteiger partial charge < -0.3 is 10.4 Å². The largest absolute Gasteiger partial charge is 0.361 e. The van der Waals surface area contributed by atoms with Gasteiger partial charge in [0.1, 0.15) is 10.7 Å². The first kappa shape index (κ1) is 16.7. The van der Waals surface area contributed by atoms with Crippen LogP contribution in [0.3, 0.4) is 0 Å². The highest BCUT2D eigenvalue weighted by Gasteiger charge is 2.10. The summed E-state index contributed by atoms with van der Waals surface area (Å²) in [5.74, 6) is 0.271. The number of aromatic nitrogens is 1. The average Bonchev–Trinajstić information content (AvgIpc) is 2.92. The molecule has 2 atom stereocenters. The van der Waals surface area contributed by atoms with Crippen molar-refractivity contribution in [1.29, 1.82) is 5.41 Å². The molecule has 22 heavy (non-hydrogen) atoms. The summed E-state index contributed by atoms with van der Waals surface area (Å²) in [5.41, 5.74) is 3.50. The molecule has 4 nitrogen and oxygen atoms in total. The Labute approximate surface area is 133 Å². The zero-order chi connectivity index (χ0) is 16.1. The van der Waals surface area contributed by atoms with Gasteiger partial charge in [0.25, 0.3) is 0 Å². The lowest BCUT2D eigenvalue weighted by Crippen LogP contribution is -2.05. The number of H-pyrrole nitrogens is 1. The maximum absolute atomic E-state index is 10.9. The Hall–Kier alpha value is -1.62. The van der Waals surface area contributed by atoms with Crippen molar-refractivity contribution in [2.75, 3.05) is 0 Å². The van der Waals surface area contributed by atoms with Gasteiger partial charge in [-0.15, -0.1) is 0 Å². The highest BCUT2D eigenvalue weighted by atomic mass is 32.2. The van der Waals surface area contributed by atoms with Crippen molar-refractivity contribution < 1.29 is 8.42 Å². The molecule has 0 saturated carbocycles. The van der Waals surface area contributed by atoms with Crippen LogP contribution in [0.4, 0.5) is 0 Å². The number of fused-ring (bicyclic) bond motifs is 1. The molecule has 2 rings (SSSR count). The van der Waals surface area contributed by atoms with Crippen LogP contribution >= 0.6 is 0 Å². The third-order valence-corrected chi connectivity index (χ3v) is 5.26. The summed E-state index contributed by atoms with van der Waals surface area (Å²) in [5, 5.41) is 8.39. The van der Waals surface area contributed by atoms with E-state index in [4.69, 9.17) is 5.41 Å². The van der Waals surface area contributed by atoms with Gasteiger partial charge in [0, 0.05) is 17.1 Å². The van der Waals surface area contributed by atoms with Crippen LogP contribution in [0.5, 0.6) is 0 Å². The molecule has 0 unspecified atom stereocenters. The second-order valence-electron chi connectivity index (χ2n) is 5.91. The lowest BCUT2D eigenvalue weighted by molar-refractivity contribution is 0.597. The summed E-state index contributed by atoms with van der Waals surface area (Å²) in [7, 11) is -2.34. The summed E-state index contributed by atoms with van der Waals surface area (Å²) < 4.78 is 21.9. The first-order valence-corrected chi connectivity index (χ1v) is 9.02. The molecule has 2 N–H and O–H groups in total. The zero-order valence-electron chi connectivity index (χ0n) is 13.1. The van der Waals surface area contributed by atoms with Crippen molar-refractivity contribution in [3.8, 4) is 0 Å². The van der Waals surface area contributed by atoms with Crippen LogP contribution in [0.25, 0.3) is 10.9 Å². The molecule has 0 fully saturated rings. The van der Waals surface area contributed by atoms with Crippen molar-refractivity contribution in [3.63, 3.8) is 0 Å². The molecular formula is C17H24N2O2S. The lowest BCUT2D eigenvalue weighted by Gasteiger charge is -2.08. The Morgan fingerprint density at radius 2 is 2.14 bits per heavy atom. The van der Waals surface area contributed by atoms with E-state index in [0.29, 0.717) is 6.42 Å². The van der Waals surface area contributed by atoms with E-state index >= 15 is 0 Å². The van der Waals surface area contributed by atoms with Gasteiger partial charge in [-0.1, -0.05) is 13.0 Å². The minimum absolute atomic E-state index is 0.271. The summed E-state index contributed by atoms with van der Waals surface area (Å²) in [6, 6.07) is 6.27. The first-order valence-electron chi connectivity index (χ1n) is 7.78. The fraction of sp³-hybridized carbons (Fsp3) is 0.471. The van der Waals surface area contributed by atoms with E-state index in [9.17, 15) is 8.42 Å². The molecule has 0 radical (unpaired) electrons. The molecule has 0 aliphatic heterocycles. The van der Waals surface area contributed by atoms with Crippen LogP contribution in [0.15, 0.2) is 24.4 Å². The summed E-state index contributed by atoms with van der Waals surface area (Å²) in [4.78, 5) is 3.28. The van der Waals surface area contributed by atoms with Crippen LogP contribution in [0.2, 0.25) is 0 Å². The third-order valence-electron chi connectivity index (χ3n) is 4.28. The Morgan fingerprint density at radius 1 is 1.36 bits per heavy atom. The third kappa shape index (κ3) is 3.97. The minimum Gasteiger partial charge on any atom is -0.361 e. The molecule has 1 heterocycles. The smallest absolute Gasteiger partial charge is 0.142 e. The summed E-state index contributed by atoms with van der Waals surface area (Å²) in [6.45, 7) is 3.85. The van der Waals surface area contributed by atoms with Crippen LogP contribution in [0.1, 0.15) is 37.8 Å². The molecule has 1 aromatic heterocycles. The quantitative estimate of drug-likeness (QED) is 0.515. The molecule has 0 spiro atoms. The number of rotatable bonds is 8. The number of aryl methyl sites for hydroxylation is 1. The standard InChI is InChI=1S/C17H24N2O2S/c1-3-13(10-18)8-15-11-19-17-7-6-14(9-16(15)17)5-4-12(2)22(20)21/h6-7,9-13,18-19,22H,3-5,8H2,1-2H3/t12-,13-/m1/s1. The molecule has 0 bridgehead atoms. The molecule has 2 aromatic rings. The predicted molar refractivity (Wildman–Crippen MR) is 92.7 cm³/mol. The van der Waals surface area contributed by atoms with E-state index in [1.54, 1.807) is 6.92 Å². The SMILES string of the molecule is CC[C@@H](C=N)Cc1c[nH]c2ccc(CC[C@@H](C)[SH](=O)=O)cc12. The number of thiol groups is 1. The van der Waals surface area contributed by atoms with Crippen molar-refractivity contribution in [2.24, 2.45) is 5.92 Å². The van der Waals surface area contributed by atoms with Gasteiger partial charge in [0.2, 0.25) is 0 Å². The second-order valence-corrected chi connectivity index (χ2v) is 7.36. The van der Waals surface area contributed by atoms with Gasteiger partial charge in [-0.05, 0) is 68.0 Å². The van der Waals surface area contributed by atoms with Crippen molar-refractivity contribution >= 4 is 27.8 Å². The molecule has 0 aliphatic rings. The number of nitrogens with one attached hydrogen (secondary N) is 2. The van der Waals surface area contributed by atoms with Crippen molar-refractivity contribution in [2.45, 2.75) is 44.8 Å².